The Labute approximate surface area is 106 Å². The van der Waals surface area contributed by atoms with Crippen LogP contribution in [0.25, 0.3) is 0 Å². The van der Waals surface area contributed by atoms with Crippen LogP contribution in [0.5, 0.6) is 0 Å². The molecule has 1 aliphatic rings. The molecule has 0 aliphatic heterocycles. The molecule has 0 bridgehead atoms. The number of aromatic nitrogens is 3. The lowest BCUT2D eigenvalue weighted by atomic mass is 10.0. The lowest BCUT2D eigenvalue weighted by Gasteiger charge is -2.17. The minimum Gasteiger partial charge on any atom is -0.309 e. The highest BCUT2D eigenvalue weighted by molar-refractivity contribution is 7.99. The molecule has 2 atom stereocenters. The fourth-order valence-corrected chi connectivity index (χ4v) is 3.48. The molecular formula is C12H18N4S. The Morgan fingerprint density at radius 1 is 1.29 bits per heavy atom. The molecule has 1 aromatic heterocycles. The zero-order chi connectivity index (χ0) is 12.3. The predicted octanol–water partition coefficient (Wildman–Crippen LogP) is 2.69. The first kappa shape index (κ1) is 12.4. The third-order valence-corrected chi connectivity index (χ3v) is 4.86. The molecule has 17 heavy (non-hydrogen) atoms. The van der Waals surface area contributed by atoms with Gasteiger partial charge in [0.05, 0.1) is 12.0 Å². The van der Waals surface area contributed by atoms with Crippen LogP contribution in [-0.4, -0.2) is 20.0 Å². The molecule has 0 saturated heterocycles. The first-order valence-corrected chi connectivity index (χ1v) is 7.02. The maximum absolute atomic E-state index is 9.23. The van der Waals surface area contributed by atoms with E-state index in [1.54, 1.807) is 11.8 Å². The van der Waals surface area contributed by atoms with E-state index in [2.05, 4.69) is 16.3 Å². The van der Waals surface area contributed by atoms with Crippen molar-refractivity contribution in [1.82, 2.24) is 14.8 Å². The first-order chi connectivity index (χ1) is 8.22. The van der Waals surface area contributed by atoms with Gasteiger partial charge in [-0.2, -0.15) is 5.26 Å². The lowest BCUT2D eigenvalue weighted by molar-refractivity contribution is 0.582. The molecule has 0 aromatic carbocycles. The van der Waals surface area contributed by atoms with Crippen molar-refractivity contribution in [2.24, 2.45) is 13.0 Å². The van der Waals surface area contributed by atoms with E-state index >= 15 is 0 Å². The maximum Gasteiger partial charge on any atom is 0.191 e. The number of hydrogen-bond acceptors (Lipinski definition) is 4. The van der Waals surface area contributed by atoms with Crippen molar-refractivity contribution >= 4 is 11.8 Å². The molecule has 1 fully saturated rings. The van der Waals surface area contributed by atoms with Crippen LogP contribution in [0, 0.1) is 24.2 Å². The largest absolute Gasteiger partial charge is 0.309 e. The average Bonchev–Trinajstić information content (AvgIpc) is 2.57. The summed E-state index contributed by atoms with van der Waals surface area (Å²) in [7, 11) is 1.98. The summed E-state index contributed by atoms with van der Waals surface area (Å²) in [5.41, 5.74) is 0. The Morgan fingerprint density at radius 3 is 2.71 bits per heavy atom. The molecule has 4 nitrogen and oxygen atoms in total. The highest BCUT2D eigenvalue weighted by Gasteiger charge is 2.26. The van der Waals surface area contributed by atoms with Gasteiger partial charge in [-0.3, -0.25) is 0 Å². The van der Waals surface area contributed by atoms with E-state index in [4.69, 9.17) is 0 Å². The molecule has 92 valence electrons. The van der Waals surface area contributed by atoms with Crippen molar-refractivity contribution < 1.29 is 0 Å². The van der Waals surface area contributed by atoms with Crippen LogP contribution in [-0.2, 0) is 7.05 Å². The van der Waals surface area contributed by atoms with Gasteiger partial charge in [0.2, 0.25) is 0 Å². The summed E-state index contributed by atoms with van der Waals surface area (Å²) in [6.07, 6.45) is 5.83. The summed E-state index contributed by atoms with van der Waals surface area (Å²) in [5, 5.41) is 18.8. The van der Waals surface area contributed by atoms with Gasteiger partial charge in [0, 0.05) is 12.3 Å². The normalized spacial score (nSPS) is 25.2. The fraction of sp³-hybridized carbons (Fsp3) is 0.750. The minimum absolute atomic E-state index is 0.166. The standard InChI is InChI=1S/C12H18N4S/c1-9-14-15-12(16(9)2)17-11-7-5-3-4-6-10(11)8-13/h10-11H,3-7H2,1-2H3. The second-order valence-electron chi connectivity index (χ2n) is 4.62. The van der Waals surface area contributed by atoms with Gasteiger partial charge in [0.15, 0.2) is 5.16 Å². The second-order valence-corrected chi connectivity index (χ2v) is 5.83. The summed E-state index contributed by atoms with van der Waals surface area (Å²) in [6.45, 7) is 1.95. The molecule has 0 amide bonds. The van der Waals surface area contributed by atoms with E-state index in [0.29, 0.717) is 5.25 Å². The predicted molar refractivity (Wildman–Crippen MR) is 67.6 cm³/mol. The van der Waals surface area contributed by atoms with Gasteiger partial charge in [0.25, 0.3) is 0 Å². The summed E-state index contributed by atoms with van der Waals surface area (Å²) in [4.78, 5) is 0. The summed E-state index contributed by atoms with van der Waals surface area (Å²) < 4.78 is 2.00. The van der Waals surface area contributed by atoms with Crippen LogP contribution in [0.15, 0.2) is 5.16 Å². The van der Waals surface area contributed by atoms with E-state index in [1.807, 2.05) is 18.5 Å². The molecule has 2 unspecified atom stereocenters. The monoisotopic (exact) mass is 250 g/mol. The zero-order valence-corrected chi connectivity index (χ0v) is 11.2. The quantitative estimate of drug-likeness (QED) is 0.757. The van der Waals surface area contributed by atoms with Gasteiger partial charge >= 0.3 is 0 Å². The van der Waals surface area contributed by atoms with Crippen molar-refractivity contribution in [3.63, 3.8) is 0 Å². The Kier molecular flexibility index (Phi) is 4.06. The Balaban J connectivity index is 2.10. The minimum atomic E-state index is 0.166. The number of hydrogen-bond donors (Lipinski definition) is 0. The second kappa shape index (κ2) is 5.54. The molecule has 0 radical (unpaired) electrons. The van der Waals surface area contributed by atoms with Gasteiger partial charge in [-0.1, -0.05) is 31.0 Å². The number of rotatable bonds is 2. The molecule has 0 spiro atoms. The van der Waals surface area contributed by atoms with Crippen LogP contribution < -0.4 is 0 Å². The number of nitrogens with zero attached hydrogens (tertiary/aromatic N) is 4. The van der Waals surface area contributed by atoms with Crippen molar-refractivity contribution in [2.75, 3.05) is 0 Å². The van der Waals surface area contributed by atoms with Crippen molar-refractivity contribution in [3.05, 3.63) is 5.82 Å². The molecule has 1 saturated carbocycles. The Morgan fingerprint density at radius 2 is 2.06 bits per heavy atom. The molecular weight excluding hydrogens is 232 g/mol. The van der Waals surface area contributed by atoms with Gasteiger partial charge in [-0.05, 0) is 19.8 Å². The smallest absolute Gasteiger partial charge is 0.191 e. The summed E-state index contributed by atoms with van der Waals surface area (Å²) in [5.74, 6) is 1.09. The topological polar surface area (TPSA) is 54.5 Å². The molecule has 1 heterocycles. The summed E-state index contributed by atoms with van der Waals surface area (Å²) >= 11 is 1.72. The zero-order valence-electron chi connectivity index (χ0n) is 10.4. The van der Waals surface area contributed by atoms with E-state index in [1.165, 1.54) is 19.3 Å². The Hall–Kier alpha value is -1.02. The van der Waals surface area contributed by atoms with Crippen LogP contribution in [0.2, 0.25) is 0 Å². The number of thioether (sulfide) groups is 1. The third kappa shape index (κ3) is 2.81. The van der Waals surface area contributed by atoms with Crippen molar-refractivity contribution in [1.29, 1.82) is 5.26 Å². The Bertz CT molecular complexity index is 421. The maximum atomic E-state index is 9.23. The molecule has 1 aromatic rings. The van der Waals surface area contributed by atoms with Crippen molar-refractivity contribution in [3.8, 4) is 6.07 Å². The molecule has 0 N–H and O–H groups in total. The lowest BCUT2D eigenvalue weighted by Crippen LogP contribution is -2.15. The van der Waals surface area contributed by atoms with Gasteiger partial charge in [-0.15, -0.1) is 10.2 Å². The van der Waals surface area contributed by atoms with Gasteiger partial charge in [-0.25, -0.2) is 0 Å². The highest BCUT2D eigenvalue weighted by atomic mass is 32.2. The van der Waals surface area contributed by atoms with Crippen molar-refractivity contribution in [2.45, 2.75) is 49.4 Å². The number of nitriles is 1. The van der Waals surface area contributed by atoms with Crippen LogP contribution in [0.3, 0.4) is 0 Å². The average molecular weight is 250 g/mol. The van der Waals surface area contributed by atoms with E-state index in [9.17, 15) is 5.26 Å². The van der Waals surface area contributed by atoms with Gasteiger partial charge in [0.1, 0.15) is 5.82 Å². The van der Waals surface area contributed by atoms with Crippen LogP contribution in [0.1, 0.15) is 37.9 Å². The SMILES string of the molecule is Cc1nnc(SC2CCCCCC2C#N)n1C. The molecule has 5 heteroatoms. The van der Waals surface area contributed by atoms with Crippen LogP contribution >= 0.6 is 11.8 Å². The highest BCUT2D eigenvalue weighted by Crippen LogP contribution is 2.35. The molecule has 1 aliphatic carbocycles. The van der Waals surface area contributed by atoms with E-state index < -0.39 is 0 Å². The van der Waals surface area contributed by atoms with Crippen LogP contribution in [0.4, 0.5) is 0 Å². The van der Waals surface area contributed by atoms with E-state index in [0.717, 1.165) is 23.8 Å². The first-order valence-electron chi connectivity index (χ1n) is 6.14. The van der Waals surface area contributed by atoms with Gasteiger partial charge < -0.3 is 4.57 Å². The number of aryl methyl sites for hydroxylation is 1. The molecule has 2 rings (SSSR count). The third-order valence-electron chi connectivity index (χ3n) is 3.43. The fourth-order valence-electron chi connectivity index (χ4n) is 2.19. The van der Waals surface area contributed by atoms with E-state index in [-0.39, 0.29) is 5.92 Å². The summed E-state index contributed by atoms with van der Waals surface area (Å²) in [6, 6.07) is 2.46.